The van der Waals surface area contributed by atoms with Crippen molar-refractivity contribution in [3.05, 3.63) is 26.6 Å². The molecule has 0 fully saturated rings. The first kappa shape index (κ1) is 15.5. The highest BCUT2D eigenvalue weighted by molar-refractivity contribution is 9.12. The molecule has 1 aromatic rings. The summed E-state index contributed by atoms with van der Waals surface area (Å²) >= 11 is 13.2. The lowest BCUT2D eigenvalue weighted by Crippen LogP contribution is -2.18. The molecule has 0 amide bonds. The van der Waals surface area contributed by atoms with Crippen LogP contribution in [0.2, 0.25) is 0 Å². The maximum Gasteiger partial charge on any atom is 0.318 e. The maximum atomic E-state index is 10.9. The Morgan fingerprint density at radius 1 is 1.35 bits per heavy atom. The lowest BCUT2D eigenvalue weighted by Gasteiger charge is -2.18. The molecule has 0 aromatic heterocycles. The third-order valence-corrected chi connectivity index (χ3v) is 5.73. The van der Waals surface area contributed by atoms with Gasteiger partial charge in [0.1, 0.15) is 10.6 Å². The minimum absolute atomic E-state index is 0.399. The molecule has 2 unspecified atom stereocenters. The number of alkyl halides is 2. The summed E-state index contributed by atoms with van der Waals surface area (Å²) in [5.41, 5.74) is 0.748. The predicted molar refractivity (Wildman–Crippen MR) is 80.4 cm³/mol. The highest BCUT2D eigenvalue weighted by atomic mass is 79.9. The van der Waals surface area contributed by atoms with Gasteiger partial charge in [0.25, 0.3) is 0 Å². The van der Waals surface area contributed by atoms with E-state index < -0.39 is 15.6 Å². The van der Waals surface area contributed by atoms with Gasteiger partial charge in [-0.2, -0.15) is 0 Å². The Kier molecular flexibility index (Phi) is 5.95. The molecule has 2 atom stereocenters. The number of methoxy groups -OCH3 is 1. The average Bonchev–Trinajstić information content (AvgIpc) is 2.25. The van der Waals surface area contributed by atoms with E-state index in [1.54, 1.807) is 7.11 Å². The van der Waals surface area contributed by atoms with Crippen LogP contribution in [-0.2, 0) is 4.79 Å². The molecule has 0 aliphatic heterocycles. The molecule has 94 valence electrons. The van der Waals surface area contributed by atoms with Gasteiger partial charge in [-0.15, -0.1) is 0 Å². The molecule has 0 saturated carbocycles. The second-order valence-corrected chi connectivity index (χ2v) is 6.89. The highest BCUT2D eigenvalue weighted by Gasteiger charge is 2.28. The summed E-state index contributed by atoms with van der Waals surface area (Å²) in [5.74, 6) is -0.328. The normalized spacial score (nSPS) is 14.2. The molecule has 0 aliphatic carbocycles. The minimum Gasteiger partial charge on any atom is -0.495 e. The first-order valence-electron chi connectivity index (χ1n) is 4.42. The molecule has 17 heavy (non-hydrogen) atoms. The summed E-state index contributed by atoms with van der Waals surface area (Å²) < 4.78 is 6.88. The number of rotatable bonds is 4. The van der Waals surface area contributed by atoms with Crippen molar-refractivity contribution in [3.63, 3.8) is 0 Å². The molecule has 1 rings (SSSR count). The van der Waals surface area contributed by atoms with Crippen molar-refractivity contribution in [2.24, 2.45) is 0 Å². The van der Waals surface area contributed by atoms with Gasteiger partial charge in [-0.25, -0.2) is 0 Å². The zero-order valence-corrected chi connectivity index (χ0v) is 14.9. The molecular formula is C10H8Br4O3. The Balaban J connectivity index is 3.24. The summed E-state index contributed by atoms with van der Waals surface area (Å²) in [7, 11) is 1.54. The van der Waals surface area contributed by atoms with E-state index in [1.165, 1.54) is 0 Å². The molecule has 0 saturated heterocycles. The number of benzene rings is 1. The fourth-order valence-electron chi connectivity index (χ4n) is 1.28. The molecule has 0 spiro atoms. The Morgan fingerprint density at radius 2 is 1.94 bits per heavy atom. The van der Waals surface area contributed by atoms with Crippen LogP contribution in [0.15, 0.2) is 21.1 Å². The van der Waals surface area contributed by atoms with E-state index in [4.69, 9.17) is 9.84 Å². The molecule has 1 N–H and O–H groups in total. The van der Waals surface area contributed by atoms with Gasteiger partial charge in [-0.3, -0.25) is 4.79 Å². The standard InChI is InChI=1S/C10H8Br4O3/c1-17-9-5(2-4(11)3-6(9)12)7(13)8(14)10(15)16/h2-3,7-8H,1H3,(H,15,16). The fourth-order valence-corrected chi connectivity index (χ4v) is 3.55. The van der Waals surface area contributed by atoms with E-state index >= 15 is 0 Å². The van der Waals surface area contributed by atoms with Gasteiger partial charge in [-0.1, -0.05) is 47.8 Å². The number of carboxylic acid groups (broad SMARTS) is 1. The van der Waals surface area contributed by atoms with Gasteiger partial charge < -0.3 is 9.84 Å². The quantitative estimate of drug-likeness (QED) is 0.626. The maximum absolute atomic E-state index is 10.9. The lowest BCUT2D eigenvalue weighted by atomic mass is 10.1. The Bertz CT molecular complexity index is 436. The van der Waals surface area contributed by atoms with Crippen LogP contribution in [0.25, 0.3) is 0 Å². The minimum atomic E-state index is -0.940. The molecule has 0 aliphatic rings. The summed E-state index contributed by atoms with van der Waals surface area (Å²) in [5, 5.41) is 8.97. The number of carbonyl (C=O) groups is 1. The van der Waals surface area contributed by atoms with E-state index in [2.05, 4.69) is 63.7 Å². The Hall–Kier alpha value is 0.410. The number of ether oxygens (including phenoxy) is 1. The third kappa shape index (κ3) is 3.68. The number of hydrogen-bond donors (Lipinski definition) is 1. The second-order valence-electron chi connectivity index (χ2n) is 3.15. The van der Waals surface area contributed by atoms with Crippen molar-refractivity contribution >= 4 is 69.7 Å². The van der Waals surface area contributed by atoms with Crippen molar-refractivity contribution in [3.8, 4) is 5.75 Å². The summed E-state index contributed by atoms with van der Waals surface area (Å²) in [6, 6.07) is 3.66. The van der Waals surface area contributed by atoms with Crippen LogP contribution in [0.3, 0.4) is 0 Å². The number of aliphatic carboxylic acids is 1. The third-order valence-electron chi connectivity index (χ3n) is 2.03. The first-order valence-corrected chi connectivity index (χ1v) is 7.84. The van der Waals surface area contributed by atoms with E-state index in [9.17, 15) is 4.79 Å². The zero-order chi connectivity index (χ0) is 13.2. The topological polar surface area (TPSA) is 46.5 Å². The SMILES string of the molecule is COc1c(Br)cc(Br)cc1C(Br)C(Br)C(=O)O. The van der Waals surface area contributed by atoms with E-state index in [-0.39, 0.29) is 0 Å². The summed E-state index contributed by atoms with van der Waals surface area (Å²) in [4.78, 5) is 9.80. The highest BCUT2D eigenvalue weighted by Crippen LogP contribution is 2.42. The van der Waals surface area contributed by atoms with Crippen molar-refractivity contribution in [1.29, 1.82) is 0 Å². The fraction of sp³-hybridized carbons (Fsp3) is 0.300. The number of carboxylic acids is 1. The van der Waals surface area contributed by atoms with Gasteiger partial charge in [0, 0.05) is 10.0 Å². The molecule has 7 heteroatoms. The van der Waals surface area contributed by atoms with Gasteiger partial charge >= 0.3 is 5.97 Å². The number of hydrogen-bond acceptors (Lipinski definition) is 2. The lowest BCUT2D eigenvalue weighted by molar-refractivity contribution is -0.136. The van der Waals surface area contributed by atoms with Gasteiger partial charge in [0.2, 0.25) is 0 Å². The van der Waals surface area contributed by atoms with Gasteiger partial charge in [0.05, 0.1) is 16.4 Å². The van der Waals surface area contributed by atoms with Crippen LogP contribution in [0.1, 0.15) is 10.4 Å². The molecule has 0 radical (unpaired) electrons. The van der Waals surface area contributed by atoms with Crippen LogP contribution in [0, 0.1) is 0 Å². The number of halogens is 4. The van der Waals surface area contributed by atoms with Gasteiger partial charge in [-0.05, 0) is 28.1 Å². The molecule has 0 heterocycles. The molecular weight excluding hydrogens is 488 g/mol. The van der Waals surface area contributed by atoms with Crippen molar-refractivity contribution < 1.29 is 14.6 Å². The average molecular weight is 496 g/mol. The van der Waals surface area contributed by atoms with Crippen LogP contribution in [0.5, 0.6) is 5.75 Å². The smallest absolute Gasteiger partial charge is 0.318 e. The molecule has 0 bridgehead atoms. The Morgan fingerprint density at radius 3 is 2.41 bits per heavy atom. The van der Waals surface area contributed by atoms with Crippen molar-refractivity contribution in [2.75, 3.05) is 7.11 Å². The summed E-state index contributed by atoms with van der Waals surface area (Å²) in [6.07, 6.45) is 0. The molecule has 1 aromatic carbocycles. The first-order chi connectivity index (χ1) is 7.88. The van der Waals surface area contributed by atoms with Crippen LogP contribution < -0.4 is 4.74 Å². The largest absolute Gasteiger partial charge is 0.495 e. The van der Waals surface area contributed by atoms with E-state index in [0.29, 0.717) is 5.75 Å². The van der Waals surface area contributed by atoms with Crippen LogP contribution in [-0.4, -0.2) is 23.0 Å². The van der Waals surface area contributed by atoms with Gasteiger partial charge in [0.15, 0.2) is 0 Å². The van der Waals surface area contributed by atoms with Crippen molar-refractivity contribution in [1.82, 2.24) is 0 Å². The second kappa shape index (κ2) is 6.54. The molecule has 3 nitrogen and oxygen atoms in total. The van der Waals surface area contributed by atoms with Crippen LogP contribution >= 0.6 is 63.7 Å². The predicted octanol–water partition coefficient (Wildman–Crippen LogP) is 4.50. The Labute approximate surface area is 132 Å². The summed E-state index contributed by atoms with van der Waals surface area (Å²) in [6.45, 7) is 0. The monoisotopic (exact) mass is 492 g/mol. The van der Waals surface area contributed by atoms with Crippen molar-refractivity contribution in [2.45, 2.75) is 9.65 Å². The van der Waals surface area contributed by atoms with E-state index in [1.807, 2.05) is 12.1 Å². The van der Waals surface area contributed by atoms with E-state index in [0.717, 1.165) is 14.5 Å². The van der Waals surface area contributed by atoms with Crippen LogP contribution in [0.4, 0.5) is 0 Å². The zero-order valence-electron chi connectivity index (χ0n) is 8.58.